The molecule has 1 aromatic carbocycles. The van der Waals surface area contributed by atoms with Crippen LogP contribution in [0.2, 0.25) is 0 Å². The van der Waals surface area contributed by atoms with Gasteiger partial charge in [-0.1, -0.05) is 0 Å². The van der Waals surface area contributed by atoms with E-state index in [2.05, 4.69) is 62.2 Å². The van der Waals surface area contributed by atoms with Gasteiger partial charge in [0.25, 0.3) is 0 Å². The summed E-state index contributed by atoms with van der Waals surface area (Å²) in [4.78, 5) is 8.32. The SMILES string of the molecule is COc1c(Br)ccc(F)c1-c1ccc(CCC2(c3ncccc3F)CC(F)C2)nn1.Fc1cccnc1C1(CCc2ccc(Br)nn2)CC(F)C1. The van der Waals surface area contributed by atoms with Crippen LogP contribution in [0.4, 0.5) is 22.0 Å². The van der Waals surface area contributed by atoms with Crippen LogP contribution in [-0.2, 0) is 23.7 Å². The Morgan fingerprint density at radius 1 is 0.667 bits per heavy atom. The molecule has 51 heavy (non-hydrogen) atoms. The molecular formula is C37H33Br2F5N6O. The van der Waals surface area contributed by atoms with Crippen molar-refractivity contribution in [2.75, 3.05) is 7.11 Å². The average Bonchev–Trinajstić information content (AvgIpc) is 3.10. The largest absolute Gasteiger partial charge is 0.495 e. The molecular weight excluding hydrogens is 799 g/mol. The first-order valence-corrected chi connectivity index (χ1v) is 17.9. The van der Waals surface area contributed by atoms with Crippen molar-refractivity contribution in [1.29, 1.82) is 0 Å². The predicted octanol–water partition coefficient (Wildman–Crippen LogP) is 9.37. The van der Waals surface area contributed by atoms with Gasteiger partial charge in [-0.3, -0.25) is 9.97 Å². The first-order valence-electron chi connectivity index (χ1n) is 16.4. The molecule has 14 heteroatoms. The van der Waals surface area contributed by atoms with Crippen LogP contribution in [0.3, 0.4) is 0 Å². The minimum absolute atomic E-state index is 0.220. The van der Waals surface area contributed by atoms with Crippen molar-refractivity contribution in [3.63, 3.8) is 0 Å². The lowest BCUT2D eigenvalue weighted by molar-refractivity contribution is 0.0791. The summed E-state index contributed by atoms with van der Waals surface area (Å²) in [5.41, 5.74) is 1.57. The Labute approximate surface area is 308 Å². The summed E-state index contributed by atoms with van der Waals surface area (Å²) in [7, 11) is 1.46. The fourth-order valence-electron chi connectivity index (χ4n) is 6.97. The Morgan fingerprint density at radius 2 is 1.20 bits per heavy atom. The van der Waals surface area contributed by atoms with Gasteiger partial charge in [0, 0.05) is 23.2 Å². The quantitative estimate of drug-likeness (QED) is 0.130. The van der Waals surface area contributed by atoms with Crippen molar-refractivity contribution in [2.45, 2.75) is 74.5 Å². The zero-order valence-corrected chi connectivity index (χ0v) is 30.6. The number of alkyl halides is 2. The van der Waals surface area contributed by atoms with E-state index < -0.39 is 34.8 Å². The first kappa shape index (κ1) is 36.9. The van der Waals surface area contributed by atoms with Crippen molar-refractivity contribution in [3.05, 3.63) is 122 Å². The summed E-state index contributed by atoms with van der Waals surface area (Å²) in [6.07, 6.45) is 4.63. The number of pyridine rings is 2. The van der Waals surface area contributed by atoms with Gasteiger partial charge in [-0.05, 0) is 144 Å². The average molecular weight is 833 g/mol. The highest BCUT2D eigenvalue weighted by molar-refractivity contribution is 9.10. The van der Waals surface area contributed by atoms with Gasteiger partial charge in [-0.2, -0.15) is 15.3 Å². The fraction of sp³-hybridized carbons (Fsp3) is 0.351. The number of benzene rings is 1. The molecule has 266 valence electrons. The van der Waals surface area contributed by atoms with Crippen LogP contribution in [0.1, 0.15) is 61.3 Å². The molecule has 2 aliphatic carbocycles. The van der Waals surface area contributed by atoms with Crippen LogP contribution in [0.5, 0.6) is 5.75 Å². The van der Waals surface area contributed by atoms with Crippen LogP contribution >= 0.6 is 31.9 Å². The van der Waals surface area contributed by atoms with Gasteiger partial charge in [0.15, 0.2) is 0 Å². The topological polar surface area (TPSA) is 86.6 Å². The van der Waals surface area contributed by atoms with Crippen LogP contribution in [0.25, 0.3) is 11.3 Å². The van der Waals surface area contributed by atoms with E-state index in [0.717, 1.165) is 5.69 Å². The summed E-state index contributed by atoms with van der Waals surface area (Å²) in [6, 6.07) is 15.8. The third-order valence-electron chi connectivity index (χ3n) is 9.62. The summed E-state index contributed by atoms with van der Waals surface area (Å²) in [6.45, 7) is 0. The molecule has 0 radical (unpaired) electrons. The van der Waals surface area contributed by atoms with Crippen LogP contribution < -0.4 is 4.74 Å². The molecule has 0 amide bonds. The van der Waals surface area contributed by atoms with Gasteiger partial charge < -0.3 is 4.74 Å². The number of ether oxygens (including phenoxy) is 1. The molecule has 0 unspecified atom stereocenters. The molecule has 0 atom stereocenters. The molecule has 0 saturated heterocycles. The molecule has 2 aliphatic rings. The highest BCUT2D eigenvalue weighted by Gasteiger charge is 2.49. The van der Waals surface area contributed by atoms with Crippen LogP contribution in [0.15, 0.2) is 82.1 Å². The summed E-state index contributed by atoms with van der Waals surface area (Å²) >= 11 is 6.57. The van der Waals surface area contributed by atoms with E-state index in [1.807, 2.05) is 12.1 Å². The Kier molecular flexibility index (Phi) is 11.4. The molecule has 0 N–H and O–H groups in total. The second-order valence-corrected chi connectivity index (χ2v) is 14.6. The Hall–Kier alpha value is -3.91. The van der Waals surface area contributed by atoms with Crippen molar-refractivity contribution in [1.82, 2.24) is 30.4 Å². The van der Waals surface area contributed by atoms with Crippen molar-refractivity contribution in [3.8, 4) is 17.0 Å². The van der Waals surface area contributed by atoms with Gasteiger partial charge in [0.1, 0.15) is 40.1 Å². The lowest BCUT2D eigenvalue weighted by atomic mass is 9.62. The molecule has 0 spiro atoms. The molecule has 0 aliphatic heterocycles. The number of nitrogens with zero attached hydrogens (tertiary/aromatic N) is 6. The lowest BCUT2D eigenvalue weighted by Crippen LogP contribution is -2.44. The molecule has 7 rings (SSSR count). The normalized spacial score (nSPS) is 22.3. The number of aromatic nitrogens is 6. The number of halogens is 7. The first-order chi connectivity index (χ1) is 24.5. The van der Waals surface area contributed by atoms with Crippen LogP contribution in [0, 0.1) is 17.5 Å². The molecule has 4 heterocycles. The number of methoxy groups -OCH3 is 1. The van der Waals surface area contributed by atoms with Gasteiger partial charge in [-0.15, -0.1) is 5.10 Å². The minimum Gasteiger partial charge on any atom is -0.495 e. The highest BCUT2D eigenvalue weighted by atomic mass is 79.9. The molecule has 0 bridgehead atoms. The number of hydrogen-bond acceptors (Lipinski definition) is 7. The van der Waals surface area contributed by atoms with E-state index in [0.29, 0.717) is 76.1 Å². The maximum Gasteiger partial charge on any atom is 0.145 e. The van der Waals surface area contributed by atoms with E-state index in [9.17, 15) is 22.0 Å². The maximum atomic E-state index is 14.4. The third kappa shape index (κ3) is 8.11. The summed E-state index contributed by atoms with van der Waals surface area (Å²) < 4.78 is 76.4. The highest BCUT2D eigenvalue weighted by Crippen LogP contribution is 2.50. The van der Waals surface area contributed by atoms with Crippen molar-refractivity contribution >= 4 is 31.9 Å². The number of hydrogen-bond donors (Lipinski definition) is 0. The second-order valence-electron chi connectivity index (χ2n) is 12.9. The van der Waals surface area contributed by atoms with E-state index in [-0.39, 0.29) is 24.2 Å². The Bertz CT molecular complexity index is 1960. The number of aryl methyl sites for hydroxylation is 2. The predicted molar refractivity (Wildman–Crippen MR) is 188 cm³/mol. The third-order valence-corrected chi connectivity index (χ3v) is 10.7. The number of rotatable bonds is 10. The van der Waals surface area contributed by atoms with E-state index in [4.69, 9.17) is 4.74 Å². The van der Waals surface area contributed by atoms with Crippen molar-refractivity contribution < 1.29 is 26.7 Å². The maximum absolute atomic E-state index is 14.4. The summed E-state index contributed by atoms with van der Waals surface area (Å²) in [5, 5.41) is 16.4. The van der Waals surface area contributed by atoms with Gasteiger partial charge in [0.2, 0.25) is 0 Å². The molecule has 2 saturated carbocycles. The standard InChI is InChI=1S/C22H19BrF3N3O.C15H14BrF2N3/c1-30-20-15(23)5-6-16(25)19(20)18-7-4-14(28-29-18)8-9-22(11-13(24)12-22)21-17(26)3-2-10-27-21;16-13-4-3-11(20-21-13)5-6-15(8-10(17)9-15)14-12(18)2-1-7-19-14/h2-7,10,13H,8-9,11-12H2,1H3;1-4,7,10H,5-6,8-9H2. The van der Waals surface area contributed by atoms with Crippen molar-refractivity contribution in [2.24, 2.45) is 0 Å². The molecule has 4 aromatic heterocycles. The molecule has 2 fully saturated rings. The zero-order valence-electron chi connectivity index (χ0n) is 27.5. The molecule has 7 nitrogen and oxygen atoms in total. The smallest absolute Gasteiger partial charge is 0.145 e. The Morgan fingerprint density at radius 3 is 1.63 bits per heavy atom. The fourth-order valence-corrected chi connectivity index (χ4v) is 7.67. The van der Waals surface area contributed by atoms with Gasteiger partial charge >= 0.3 is 0 Å². The minimum atomic E-state index is -0.952. The van der Waals surface area contributed by atoms with Gasteiger partial charge in [0.05, 0.1) is 45.6 Å². The van der Waals surface area contributed by atoms with Gasteiger partial charge in [-0.25, -0.2) is 22.0 Å². The van der Waals surface area contributed by atoms with Crippen LogP contribution in [-0.4, -0.2) is 49.8 Å². The van der Waals surface area contributed by atoms with E-state index in [1.165, 1.54) is 37.6 Å². The monoisotopic (exact) mass is 830 g/mol. The Balaban J connectivity index is 0.000000187. The van der Waals surface area contributed by atoms with E-state index in [1.54, 1.807) is 30.5 Å². The second kappa shape index (κ2) is 15.8. The van der Waals surface area contributed by atoms with E-state index >= 15 is 0 Å². The zero-order chi connectivity index (χ0) is 36.2. The summed E-state index contributed by atoms with van der Waals surface area (Å²) in [5.74, 6) is -0.899. The molecule has 5 aromatic rings. The lowest BCUT2D eigenvalue weighted by Gasteiger charge is -2.44.